The molecule has 0 aliphatic heterocycles. The van der Waals surface area contributed by atoms with Gasteiger partial charge in [0.1, 0.15) is 6.04 Å². The topological polar surface area (TPSA) is 151 Å². The Morgan fingerprint density at radius 3 is 2.23 bits per heavy atom. The Kier molecular flexibility index (Phi) is 9.17. The minimum Gasteiger partial charge on any atom is -0.480 e. The second-order valence-electron chi connectivity index (χ2n) is 5.43. The van der Waals surface area contributed by atoms with E-state index in [-0.39, 0.29) is 12.3 Å². The van der Waals surface area contributed by atoms with E-state index in [0.29, 0.717) is 6.42 Å². The Morgan fingerprint density at radius 2 is 1.65 bits per heavy atom. The van der Waals surface area contributed by atoms with Crippen molar-refractivity contribution in [2.75, 3.05) is 18.8 Å². The summed E-state index contributed by atoms with van der Waals surface area (Å²) in [6.07, 6.45) is 0.330. The SMILES string of the molecule is NC(Cc1ccccc1)C(=O)NCC(=O)NCC(=O)NC(CS)C(=O)O. The van der Waals surface area contributed by atoms with Gasteiger partial charge in [0.15, 0.2) is 0 Å². The van der Waals surface area contributed by atoms with E-state index < -0.39 is 42.3 Å². The standard InChI is InChI=1S/C16H22N4O5S/c17-11(6-10-4-2-1-3-5-10)15(23)19-7-13(21)18-8-14(22)20-12(9-26)16(24)25/h1-5,11-12,26H,6-9,17H2,(H,18,21)(H,19,23)(H,20,22)(H,24,25). The molecule has 0 fully saturated rings. The van der Waals surface area contributed by atoms with Gasteiger partial charge in [0.05, 0.1) is 19.1 Å². The van der Waals surface area contributed by atoms with E-state index in [1.54, 1.807) is 0 Å². The van der Waals surface area contributed by atoms with Crippen molar-refractivity contribution < 1.29 is 24.3 Å². The van der Waals surface area contributed by atoms with Gasteiger partial charge in [0.25, 0.3) is 0 Å². The number of benzene rings is 1. The maximum absolute atomic E-state index is 11.9. The maximum atomic E-state index is 11.9. The van der Waals surface area contributed by atoms with Crippen LogP contribution in [0.3, 0.4) is 0 Å². The van der Waals surface area contributed by atoms with E-state index >= 15 is 0 Å². The van der Waals surface area contributed by atoms with Crippen molar-refractivity contribution in [2.45, 2.75) is 18.5 Å². The molecule has 0 saturated heterocycles. The molecule has 0 aliphatic rings. The molecule has 2 atom stereocenters. The zero-order valence-electron chi connectivity index (χ0n) is 14.0. The van der Waals surface area contributed by atoms with E-state index in [4.69, 9.17) is 10.8 Å². The van der Waals surface area contributed by atoms with Gasteiger partial charge in [-0.1, -0.05) is 30.3 Å². The molecular formula is C16H22N4O5S. The molecule has 9 nitrogen and oxygen atoms in total. The summed E-state index contributed by atoms with van der Waals surface area (Å²) in [6.45, 7) is -0.758. The van der Waals surface area contributed by atoms with Crippen molar-refractivity contribution in [3.05, 3.63) is 35.9 Å². The number of carbonyl (C=O) groups is 4. The molecule has 0 saturated carbocycles. The fraction of sp³-hybridized carbons (Fsp3) is 0.375. The number of aliphatic carboxylic acids is 1. The quantitative estimate of drug-likeness (QED) is 0.265. The Morgan fingerprint density at radius 1 is 1.04 bits per heavy atom. The second kappa shape index (κ2) is 11.1. The Bertz CT molecular complexity index is 641. The predicted octanol–water partition coefficient (Wildman–Crippen LogP) is -1.71. The number of amides is 3. The van der Waals surface area contributed by atoms with Gasteiger partial charge in [-0.2, -0.15) is 12.6 Å². The number of hydrogen-bond donors (Lipinski definition) is 6. The average Bonchev–Trinajstić information content (AvgIpc) is 2.62. The van der Waals surface area contributed by atoms with Crippen LogP contribution in [0.15, 0.2) is 30.3 Å². The van der Waals surface area contributed by atoms with Crippen LogP contribution in [0.1, 0.15) is 5.56 Å². The third kappa shape index (κ3) is 7.99. The lowest BCUT2D eigenvalue weighted by atomic mass is 10.1. The van der Waals surface area contributed by atoms with Crippen molar-refractivity contribution in [2.24, 2.45) is 5.73 Å². The minimum absolute atomic E-state index is 0.0790. The molecule has 1 rings (SSSR count). The average molecular weight is 382 g/mol. The summed E-state index contributed by atoms with van der Waals surface area (Å²) in [4.78, 5) is 45.8. The monoisotopic (exact) mass is 382 g/mol. The highest BCUT2D eigenvalue weighted by Gasteiger charge is 2.19. The second-order valence-corrected chi connectivity index (χ2v) is 5.80. The van der Waals surface area contributed by atoms with Crippen LogP contribution in [0.4, 0.5) is 0 Å². The number of carboxylic acids is 1. The fourth-order valence-electron chi connectivity index (χ4n) is 1.93. The summed E-state index contributed by atoms with van der Waals surface area (Å²) < 4.78 is 0. The number of nitrogens with one attached hydrogen (secondary N) is 3. The van der Waals surface area contributed by atoms with Crippen LogP contribution in [0.2, 0.25) is 0 Å². The molecule has 1 aromatic carbocycles. The van der Waals surface area contributed by atoms with E-state index in [1.807, 2.05) is 30.3 Å². The van der Waals surface area contributed by atoms with Gasteiger partial charge < -0.3 is 26.8 Å². The molecule has 6 N–H and O–H groups in total. The van der Waals surface area contributed by atoms with Gasteiger partial charge in [0, 0.05) is 5.75 Å². The molecule has 0 radical (unpaired) electrons. The highest BCUT2D eigenvalue weighted by molar-refractivity contribution is 7.80. The lowest BCUT2D eigenvalue weighted by Gasteiger charge is -2.13. The first-order chi connectivity index (χ1) is 12.3. The minimum atomic E-state index is -1.22. The summed E-state index contributed by atoms with van der Waals surface area (Å²) in [5, 5.41) is 15.6. The molecular weight excluding hydrogens is 360 g/mol. The molecule has 142 valence electrons. The molecule has 0 bridgehead atoms. The fourth-order valence-corrected chi connectivity index (χ4v) is 2.18. The number of carboxylic acid groups (broad SMARTS) is 1. The number of thiol groups is 1. The highest BCUT2D eigenvalue weighted by atomic mass is 32.1. The Hall–Kier alpha value is -2.59. The largest absolute Gasteiger partial charge is 0.480 e. The number of carbonyl (C=O) groups excluding carboxylic acids is 3. The molecule has 1 aromatic rings. The normalized spacial score (nSPS) is 12.5. The van der Waals surface area contributed by atoms with Gasteiger partial charge in [0.2, 0.25) is 17.7 Å². The van der Waals surface area contributed by atoms with Gasteiger partial charge >= 0.3 is 5.97 Å². The lowest BCUT2D eigenvalue weighted by molar-refractivity contribution is -0.141. The summed E-state index contributed by atoms with van der Waals surface area (Å²) >= 11 is 3.81. The van der Waals surface area contributed by atoms with Crippen LogP contribution in [0.5, 0.6) is 0 Å². The first-order valence-electron chi connectivity index (χ1n) is 7.80. The van der Waals surface area contributed by atoms with Crippen LogP contribution in [0, 0.1) is 0 Å². The Balaban J connectivity index is 2.29. The highest BCUT2D eigenvalue weighted by Crippen LogP contribution is 2.01. The summed E-state index contributed by atoms with van der Waals surface area (Å²) in [6, 6.07) is 7.26. The van der Waals surface area contributed by atoms with Crippen LogP contribution >= 0.6 is 12.6 Å². The third-order valence-corrected chi connectivity index (χ3v) is 3.69. The van der Waals surface area contributed by atoms with E-state index in [1.165, 1.54) is 0 Å². The third-order valence-electron chi connectivity index (χ3n) is 3.32. The van der Waals surface area contributed by atoms with Crippen LogP contribution < -0.4 is 21.7 Å². The van der Waals surface area contributed by atoms with E-state index in [9.17, 15) is 19.2 Å². The van der Waals surface area contributed by atoms with Crippen molar-refractivity contribution >= 4 is 36.3 Å². The number of nitrogens with two attached hydrogens (primary N) is 1. The molecule has 0 aliphatic carbocycles. The van der Waals surface area contributed by atoms with Gasteiger partial charge in [-0.3, -0.25) is 14.4 Å². The maximum Gasteiger partial charge on any atom is 0.327 e. The summed E-state index contributed by atoms with van der Waals surface area (Å²) in [5.41, 5.74) is 6.68. The van der Waals surface area contributed by atoms with E-state index in [0.717, 1.165) is 5.56 Å². The molecule has 10 heteroatoms. The van der Waals surface area contributed by atoms with Crippen LogP contribution in [-0.2, 0) is 25.6 Å². The molecule has 0 spiro atoms. The first kappa shape index (κ1) is 21.5. The van der Waals surface area contributed by atoms with Crippen molar-refractivity contribution in [1.82, 2.24) is 16.0 Å². The molecule has 3 amide bonds. The Labute approximate surface area is 156 Å². The van der Waals surface area contributed by atoms with Crippen molar-refractivity contribution in [3.8, 4) is 0 Å². The van der Waals surface area contributed by atoms with E-state index in [2.05, 4.69) is 28.6 Å². The van der Waals surface area contributed by atoms with Gasteiger partial charge in [-0.15, -0.1) is 0 Å². The zero-order chi connectivity index (χ0) is 19.5. The number of hydrogen-bond acceptors (Lipinski definition) is 6. The van der Waals surface area contributed by atoms with Gasteiger partial charge in [-0.05, 0) is 12.0 Å². The summed E-state index contributed by atoms with van der Waals surface area (Å²) in [5.74, 6) is -3.07. The van der Waals surface area contributed by atoms with Crippen molar-refractivity contribution in [3.63, 3.8) is 0 Å². The number of rotatable bonds is 10. The first-order valence-corrected chi connectivity index (χ1v) is 8.43. The zero-order valence-corrected chi connectivity index (χ0v) is 14.9. The smallest absolute Gasteiger partial charge is 0.327 e. The lowest BCUT2D eigenvalue weighted by Crippen LogP contribution is -2.49. The van der Waals surface area contributed by atoms with Crippen molar-refractivity contribution in [1.29, 1.82) is 0 Å². The molecule has 0 heterocycles. The molecule has 2 unspecified atom stereocenters. The van der Waals surface area contributed by atoms with Crippen LogP contribution in [-0.4, -0.2) is 59.7 Å². The molecule has 26 heavy (non-hydrogen) atoms. The van der Waals surface area contributed by atoms with Crippen LogP contribution in [0.25, 0.3) is 0 Å². The van der Waals surface area contributed by atoms with Gasteiger partial charge in [-0.25, -0.2) is 4.79 Å². The predicted molar refractivity (Wildman–Crippen MR) is 97.6 cm³/mol. The molecule has 0 aromatic heterocycles. The summed E-state index contributed by atoms with van der Waals surface area (Å²) in [7, 11) is 0.